The fourth-order valence-corrected chi connectivity index (χ4v) is 13.5. The minimum Gasteiger partial charge on any atom is -0.462 e. The number of phosphoric acid groups is 2. The second kappa shape index (κ2) is 71.5. The Morgan fingerprint density at radius 1 is 0.250 bits per heavy atom. The van der Waals surface area contributed by atoms with Crippen molar-refractivity contribution in [3.8, 4) is 0 Å². The highest BCUT2D eigenvalue weighted by Gasteiger charge is 2.30. The van der Waals surface area contributed by atoms with Crippen LogP contribution in [0.25, 0.3) is 0 Å². The molecule has 0 heterocycles. The number of hydrogen-bond donors (Lipinski definition) is 3. The number of aliphatic hydroxyl groups excluding tert-OH is 1. The zero-order valence-corrected chi connectivity index (χ0v) is 64.1. The van der Waals surface area contributed by atoms with Gasteiger partial charge in [-0.05, 0) is 25.7 Å². The van der Waals surface area contributed by atoms with Crippen molar-refractivity contribution in [2.75, 3.05) is 39.6 Å². The molecule has 0 amide bonds. The van der Waals surface area contributed by atoms with Gasteiger partial charge in [0.15, 0.2) is 12.2 Å². The topological polar surface area (TPSA) is 237 Å². The molecule has 0 radical (unpaired) electrons. The number of carbonyl (C=O) groups is 4. The van der Waals surface area contributed by atoms with Gasteiger partial charge in [0.05, 0.1) is 26.4 Å². The highest BCUT2D eigenvalue weighted by Crippen LogP contribution is 2.45. The molecule has 0 aromatic heterocycles. The summed E-state index contributed by atoms with van der Waals surface area (Å²) in [6.07, 6.45) is 62.3. The molecule has 0 aromatic carbocycles. The lowest BCUT2D eigenvalue weighted by Crippen LogP contribution is -2.30. The van der Waals surface area contributed by atoms with Crippen molar-refractivity contribution in [2.45, 2.75) is 431 Å². The maximum Gasteiger partial charge on any atom is 0.472 e. The van der Waals surface area contributed by atoms with E-state index in [2.05, 4.69) is 27.7 Å². The Morgan fingerprint density at radius 2 is 0.417 bits per heavy atom. The summed E-state index contributed by atoms with van der Waals surface area (Å²) < 4.78 is 68.6. The lowest BCUT2D eigenvalue weighted by molar-refractivity contribution is -0.161. The number of hydrogen-bond acceptors (Lipinski definition) is 15. The average Bonchev–Trinajstić information content (AvgIpc) is 1.83. The maximum atomic E-state index is 13.1. The van der Waals surface area contributed by atoms with Crippen LogP contribution >= 0.6 is 15.6 Å². The lowest BCUT2D eigenvalue weighted by atomic mass is 10.0. The standard InChI is InChI=1S/C77H150O17P2/c1-5-9-13-17-21-25-29-32-34-35-36-37-38-41-44-48-52-56-60-64-77(82)94-73(68-88-75(80)62-58-54-50-46-42-40-33-30-26-22-18-14-10-6-2)70-92-96(85,86)90-66-71(78)65-89-95(83,84)91-69-72(67-87-74(79)61-57-53-49-45-28-24-20-16-12-8-4)93-76(81)63-59-55-51-47-43-39-31-27-23-19-15-11-7-3/h71-73,78H,5-70H2,1-4H3,(H,83,84)(H,85,86)/t71-,72+,73+/m0/s1. The first-order valence-corrected chi connectivity index (χ1v) is 43.3. The van der Waals surface area contributed by atoms with E-state index in [-0.39, 0.29) is 25.7 Å². The van der Waals surface area contributed by atoms with E-state index in [0.717, 1.165) is 89.9 Å². The Hall–Kier alpha value is -1.94. The minimum absolute atomic E-state index is 0.108. The Morgan fingerprint density at radius 3 is 0.615 bits per heavy atom. The van der Waals surface area contributed by atoms with Gasteiger partial charge < -0.3 is 33.8 Å². The molecular weight excluding hydrogens is 1260 g/mol. The van der Waals surface area contributed by atoms with Crippen molar-refractivity contribution >= 4 is 39.5 Å². The number of rotatable bonds is 78. The molecule has 0 aliphatic rings. The van der Waals surface area contributed by atoms with Gasteiger partial charge in [-0.3, -0.25) is 37.3 Å². The third kappa shape index (κ3) is 70.5. The average molecular weight is 1410 g/mol. The van der Waals surface area contributed by atoms with E-state index >= 15 is 0 Å². The minimum atomic E-state index is -4.96. The van der Waals surface area contributed by atoms with E-state index in [4.69, 9.17) is 37.0 Å². The van der Waals surface area contributed by atoms with Gasteiger partial charge in [0.2, 0.25) is 0 Å². The Bertz CT molecular complexity index is 1830. The first kappa shape index (κ1) is 94.1. The van der Waals surface area contributed by atoms with Crippen LogP contribution in [0.4, 0.5) is 0 Å². The third-order valence-corrected chi connectivity index (χ3v) is 20.0. The second-order valence-corrected chi connectivity index (χ2v) is 30.7. The number of unbranched alkanes of at least 4 members (excludes halogenated alkanes) is 52. The largest absolute Gasteiger partial charge is 0.472 e. The number of carbonyl (C=O) groups excluding carboxylic acids is 4. The van der Waals surface area contributed by atoms with E-state index in [1.54, 1.807) is 0 Å². The summed E-state index contributed by atoms with van der Waals surface area (Å²) in [5.41, 5.74) is 0. The van der Waals surface area contributed by atoms with Crippen molar-refractivity contribution in [3.63, 3.8) is 0 Å². The molecular formula is C77H150O17P2. The second-order valence-electron chi connectivity index (χ2n) is 27.7. The molecule has 0 aromatic rings. The van der Waals surface area contributed by atoms with Gasteiger partial charge in [-0.2, -0.15) is 0 Å². The Kier molecular flexibility index (Phi) is 70.0. The third-order valence-electron chi connectivity index (χ3n) is 18.1. The summed E-state index contributed by atoms with van der Waals surface area (Å²) in [5.74, 6) is -2.11. The Balaban J connectivity index is 5.22. The number of ether oxygens (including phenoxy) is 4. The smallest absolute Gasteiger partial charge is 0.462 e. The summed E-state index contributed by atoms with van der Waals surface area (Å²) in [5, 5.41) is 10.6. The van der Waals surface area contributed by atoms with Crippen LogP contribution in [0.2, 0.25) is 0 Å². The fraction of sp³-hybridized carbons (Fsp3) is 0.948. The van der Waals surface area contributed by atoms with Crippen molar-refractivity contribution in [2.24, 2.45) is 0 Å². The van der Waals surface area contributed by atoms with E-state index in [1.165, 1.54) is 244 Å². The summed E-state index contributed by atoms with van der Waals surface area (Å²) in [7, 11) is -9.91. The molecule has 0 bridgehead atoms. The molecule has 3 N–H and O–H groups in total. The van der Waals surface area contributed by atoms with Gasteiger partial charge in [0.1, 0.15) is 19.3 Å². The SMILES string of the molecule is CCCCCCCCCCCCCCCCCCCCCC(=O)O[C@H](COC(=O)CCCCCCCCCCCCCCCC)COP(=O)(O)OC[C@@H](O)COP(=O)(O)OC[C@@H](COC(=O)CCCCCCCCCCCC)OC(=O)CCCCCCCCCCCCCCC. The molecule has 19 heteroatoms. The maximum absolute atomic E-state index is 13.1. The summed E-state index contributed by atoms with van der Waals surface area (Å²) in [6.45, 7) is 5.00. The van der Waals surface area contributed by atoms with E-state index < -0.39 is 97.5 Å². The fourth-order valence-electron chi connectivity index (χ4n) is 11.9. The molecule has 96 heavy (non-hydrogen) atoms. The van der Waals surface area contributed by atoms with Gasteiger partial charge in [0.25, 0.3) is 0 Å². The Labute approximate surface area is 588 Å². The molecule has 570 valence electrons. The molecule has 5 atom stereocenters. The van der Waals surface area contributed by atoms with Gasteiger partial charge in [0, 0.05) is 25.7 Å². The normalized spacial score (nSPS) is 13.9. The zero-order chi connectivity index (χ0) is 70.4. The summed E-state index contributed by atoms with van der Waals surface area (Å²) in [4.78, 5) is 72.8. The molecule has 17 nitrogen and oxygen atoms in total. The predicted molar refractivity (Wildman–Crippen MR) is 391 cm³/mol. The van der Waals surface area contributed by atoms with Crippen LogP contribution in [-0.2, 0) is 65.4 Å². The highest BCUT2D eigenvalue weighted by atomic mass is 31.2. The van der Waals surface area contributed by atoms with E-state index in [1.807, 2.05) is 0 Å². The van der Waals surface area contributed by atoms with Crippen LogP contribution in [0, 0.1) is 0 Å². The van der Waals surface area contributed by atoms with Crippen molar-refractivity contribution in [1.29, 1.82) is 0 Å². The predicted octanol–water partition coefficient (Wildman–Crippen LogP) is 23.0. The van der Waals surface area contributed by atoms with Gasteiger partial charge >= 0.3 is 39.5 Å². The van der Waals surface area contributed by atoms with Crippen LogP contribution in [-0.4, -0.2) is 96.7 Å². The van der Waals surface area contributed by atoms with Crippen LogP contribution in [0.15, 0.2) is 0 Å². The summed E-state index contributed by atoms with van der Waals surface area (Å²) in [6, 6.07) is 0. The van der Waals surface area contributed by atoms with Gasteiger partial charge in [-0.15, -0.1) is 0 Å². The quantitative estimate of drug-likeness (QED) is 0.0222. The highest BCUT2D eigenvalue weighted by molar-refractivity contribution is 7.47. The molecule has 0 saturated carbocycles. The van der Waals surface area contributed by atoms with Crippen LogP contribution in [0.1, 0.15) is 413 Å². The molecule has 0 aliphatic heterocycles. The first-order valence-electron chi connectivity index (χ1n) is 40.3. The van der Waals surface area contributed by atoms with Crippen LogP contribution in [0.5, 0.6) is 0 Å². The van der Waals surface area contributed by atoms with Crippen molar-refractivity contribution < 1.29 is 80.2 Å². The molecule has 0 aliphatic carbocycles. The number of esters is 4. The van der Waals surface area contributed by atoms with Gasteiger partial charge in [-0.25, -0.2) is 9.13 Å². The van der Waals surface area contributed by atoms with E-state index in [9.17, 15) is 43.2 Å². The number of phosphoric ester groups is 2. The molecule has 0 saturated heterocycles. The van der Waals surface area contributed by atoms with E-state index in [0.29, 0.717) is 25.7 Å². The monoisotopic (exact) mass is 1410 g/mol. The molecule has 0 spiro atoms. The lowest BCUT2D eigenvalue weighted by Gasteiger charge is -2.21. The zero-order valence-electron chi connectivity index (χ0n) is 62.4. The molecule has 2 unspecified atom stereocenters. The molecule has 0 rings (SSSR count). The van der Waals surface area contributed by atoms with Crippen molar-refractivity contribution in [3.05, 3.63) is 0 Å². The van der Waals surface area contributed by atoms with Crippen LogP contribution in [0.3, 0.4) is 0 Å². The first-order chi connectivity index (χ1) is 46.7. The summed E-state index contributed by atoms with van der Waals surface area (Å²) >= 11 is 0. The van der Waals surface area contributed by atoms with Gasteiger partial charge in [-0.1, -0.05) is 362 Å². The van der Waals surface area contributed by atoms with Crippen LogP contribution < -0.4 is 0 Å². The molecule has 0 fully saturated rings. The van der Waals surface area contributed by atoms with Crippen molar-refractivity contribution in [1.82, 2.24) is 0 Å². The number of aliphatic hydroxyl groups is 1.